The summed E-state index contributed by atoms with van der Waals surface area (Å²) in [6, 6.07) is 2.95. The Balaban J connectivity index is 2.61. The normalized spacial score (nSPS) is 12.2. The molecule has 0 spiro atoms. The number of carbonyl (C=O) groups excluding carboxylic acids is 1. The number of ether oxygens (including phenoxy) is 1. The number of carbonyl (C=O) groups is 1. The third-order valence-corrected chi connectivity index (χ3v) is 2.44. The lowest BCUT2D eigenvalue weighted by Gasteiger charge is -2.20. The Labute approximate surface area is 121 Å². The Bertz CT molecular complexity index is 536. The van der Waals surface area contributed by atoms with E-state index in [1.807, 2.05) is 0 Å². The molecule has 0 radical (unpaired) electrons. The number of hydrogen-bond acceptors (Lipinski definition) is 2. The van der Waals surface area contributed by atoms with E-state index in [9.17, 15) is 18.0 Å². The summed E-state index contributed by atoms with van der Waals surface area (Å²) in [6.07, 6.45) is -0.584. The molecule has 3 nitrogen and oxygen atoms in total. The standard InChI is InChI=1S/C15H18F3NO2/c1-15(2,3)21-14(20)19-9-10(8-16)6-11-7-12(17)4-5-13(11)18/h4-5,7-8H,6,9H2,1-3H3,(H,19,20)/b10-8-. The highest BCUT2D eigenvalue weighted by molar-refractivity contribution is 5.68. The summed E-state index contributed by atoms with van der Waals surface area (Å²) in [4.78, 5) is 11.4. The second kappa shape index (κ2) is 7.15. The lowest BCUT2D eigenvalue weighted by atomic mass is 10.1. The van der Waals surface area contributed by atoms with Crippen molar-refractivity contribution < 1.29 is 22.7 Å². The summed E-state index contributed by atoms with van der Waals surface area (Å²) < 4.78 is 44.3. The van der Waals surface area contributed by atoms with Crippen molar-refractivity contribution in [2.75, 3.05) is 6.54 Å². The highest BCUT2D eigenvalue weighted by Crippen LogP contribution is 2.14. The second-order valence-electron chi connectivity index (χ2n) is 5.54. The molecular formula is C15H18F3NO2. The van der Waals surface area contributed by atoms with Crippen LogP contribution in [0.4, 0.5) is 18.0 Å². The first-order valence-corrected chi connectivity index (χ1v) is 6.40. The van der Waals surface area contributed by atoms with Gasteiger partial charge in [-0.3, -0.25) is 0 Å². The first-order chi connectivity index (χ1) is 9.71. The van der Waals surface area contributed by atoms with Crippen LogP contribution in [-0.2, 0) is 11.2 Å². The lowest BCUT2D eigenvalue weighted by Crippen LogP contribution is -2.33. The monoisotopic (exact) mass is 301 g/mol. The molecule has 0 atom stereocenters. The van der Waals surface area contributed by atoms with Crippen molar-refractivity contribution in [1.29, 1.82) is 0 Å². The van der Waals surface area contributed by atoms with Crippen LogP contribution in [0.1, 0.15) is 26.3 Å². The Morgan fingerprint density at radius 1 is 1.33 bits per heavy atom. The van der Waals surface area contributed by atoms with E-state index < -0.39 is 23.3 Å². The zero-order valence-electron chi connectivity index (χ0n) is 12.2. The first kappa shape index (κ1) is 17.1. The number of nitrogens with one attached hydrogen (secondary N) is 1. The van der Waals surface area contributed by atoms with Crippen molar-refractivity contribution in [2.45, 2.75) is 32.8 Å². The quantitative estimate of drug-likeness (QED) is 0.916. The van der Waals surface area contributed by atoms with Crippen molar-refractivity contribution in [3.63, 3.8) is 0 Å². The summed E-state index contributed by atoms with van der Waals surface area (Å²) in [7, 11) is 0. The minimum atomic E-state index is -0.707. The van der Waals surface area contributed by atoms with E-state index in [4.69, 9.17) is 4.74 Å². The Hall–Kier alpha value is -1.98. The van der Waals surface area contributed by atoms with Gasteiger partial charge in [-0.05, 0) is 50.1 Å². The zero-order chi connectivity index (χ0) is 16.0. The maximum Gasteiger partial charge on any atom is 0.407 e. The van der Waals surface area contributed by atoms with Gasteiger partial charge in [0.25, 0.3) is 0 Å². The molecule has 0 saturated heterocycles. The molecule has 1 aromatic carbocycles. The molecule has 116 valence electrons. The molecular weight excluding hydrogens is 283 g/mol. The third-order valence-electron chi connectivity index (χ3n) is 2.44. The molecule has 6 heteroatoms. The average molecular weight is 301 g/mol. The second-order valence-corrected chi connectivity index (χ2v) is 5.54. The molecule has 1 aromatic rings. The van der Waals surface area contributed by atoms with E-state index in [0.717, 1.165) is 18.2 Å². The predicted molar refractivity (Wildman–Crippen MR) is 73.5 cm³/mol. The molecule has 1 rings (SSSR count). The van der Waals surface area contributed by atoms with Crippen molar-refractivity contribution in [3.8, 4) is 0 Å². The van der Waals surface area contributed by atoms with E-state index in [0.29, 0.717) is 0 Å². The molecule has 0 heterocycles. The smallest absolute Gasteiger partial charge is 0.407 e. The Morgan fingerprint density at radius 3 is 2.57 bits per heavy atom. The first-order valence-electron chi connectivity index (χ1n) is 6.40. The summed E-state index contributed by atoms with van der Waals surface area (Å²) in [5.74, 6) is -1.24. The third kappa shape index (κ3) is 6.33. The van der Waals surface area contributed by atoms with Crippen LogP contribution in [0.5, 0.6) is 0 Å². The van der Waals surface area contributed by atoms with E-state index in [1.54, 1.807) is 20.8 Å². The fourth-order valence-corrected chi connectivity index (χ4v) is 1.56. The van der Waals surface area contributed by atoms with E-state index >= 15 is 0 Å². The molecule has 0 saturated carbocycles. The van der Waals surface area contributed by atoms with Crippen LogP contribution in [0, 0.1) is 11.6 Å². The van der Waals surface area contributed by atoms with Crippen LogP contribution < -0.4 is 5.32 Å². The molecule has 0 aromatic heterocycles. The Morgan fingerprint density at radius 2 is 2.00 bits per heavy atom. The number of rotatable bonds is 4. The highest BCUT2D eigenvalue weighted by Gasteiger charge is 2.16. The van der Waals surface area contributed by atoms with Gasteiger partial charge in [0.2, 0.25) is 0 Å². The van der Waals surface area contributed by atoms with Gasteiger partial charge in [-0.2, -0.15) is 0 Å². The largest absolute Gasteiger partial charge is 0.444 e. The summed E-state index contributed by atoms with van der Waals surface area (Å²) in [6.45, 7) is 4.93. The van der Waals surface area contributed by atoms with Gasteiger partial charge in [-0.15, -0.1) is 0 Å². The molecule has 1 N–H and O–H groups in total. The number of hydrogen-bond donors (Lipinski definition) is 1. The van der Waals surface area contributed by atoms with Gasteiger partial charge in [-0.1, -0.05) is 0 Å². The van der Waals surface area contributed by atoms with Gasteiger partial charge in [0, 0.05) is 13.0 Å². The molecule has 0 aliphatic carbocycles. The number of halogens is 3. The van der Waals surface area contributed by atoms with Crippen molar-refractivity contribution in [3.05, 3.63) is 47.3 Å². The summed E-state index contributed by atoms with van der Waals surface area (Å²) in [5, 5.41) is 2.36. The number of alkyl carbamates (subject to hydrolysis) is 1. The van der Waals surface area contributed by atoms with Gasteiger partial charge in [0.1, 0.15) is 17.2 Å². The van der Waals surface area contributed by atoms with Crippen molar-refractivity contribution in [1.82, 2.24) is 5.32 Å². The molecule has 0 bridgehead atoms. The van der Waals surface area contributed by atoms with Crippen LogP contribution in [0.25, 0.3) is 0 Å². The summed E-state index contributed by atoms with van der Waals surface area (Å²) in [5.41, 5.74) is -0.548. The topological polar surface area (TPSA) is 38.3 Å². The molecule has 0 fully saturated rings. The molecule has 1 amide bonds. The highest BCUT2D eigenvalue weighted by atomic mass is 19.1. The minimum Gasteiger partial charge on any atom is -0.444 e. The van der Waals surface area contributed by atoms with Gasteiger partial charge in [-0.25, -0.2) is 18.0 Å². The SMILES string of the molecule is CC(C)(C)OC(=O)NC/C(=C\F)Cc1cc(F)ccc1F. The fourth-order valence-electron chi connectivity index (χ4n) is 1.56. The van der Waals surface area contributed by atoms with E-state index in [-0.39, 0.29) is 30.4 Å². The maximum atomic E-state index is 13.5. The van der Waals surface area contributed by atoms with Crippen LogP contribution in [0.2, 0.25) is 0 Å². The van der Waals surface area contributed by atoms with Crippen molar-refractivity contribution in [2.24, 2.45) is 0 Å². The minimum absolute atomic E-state index is 0.0184. The summed E-state index contributed by atoms with van der Waals surface area (Å²) >= 11 is 0. The van der Waals surface area contributed by atoms with Crippen LogP contribution in [0.3, 0.4) is 0 Å². The van der Waals surface area contributed by atoms with Gasteiger partial charge in [0.15, 0.2) is 0 Å². The molecule has 21 heavy (non-hydrogen) atoms. The van der Waals surface area contributed by atoms with Gasteiger partial charge < -0.3 is 10.1 Å². The lowest BCUT2D eigenvalue weighted by molar-refractivity contribution is 0.0532. The van der Waals surface area contributed by atoms with Gasteiger partial charge in [0.05, 0.1) is 6.33 Å². The Kier molecular flexibility index (Phi) is 5.81. The van der Waals surface area contributed by atoms with Crippen LogP contribution in [0.15, 0.2) is 30.1 Å². The van der Waals surface area contributed by atoms with Crippen molar-refractivity contribution >= 4 is 6.09 Å². The van der Waals surface area contributed by atoms with E-state index in [1.165, 1.54) is 0 Å². The van der Waals surface area contributed by atoms with E-state index in [2.05, 4.69) is 5.32 Å². The van der Waals surface area contributed by atoms with Crippen LogP contribution >= 0.6 is 0 Å². The molecule has 0 unspecified atom stereocenters. The zero-order valence-corrected chi connectivity index (χ0v) is 12.2. The molecule has 0 aliphatic heterocycles. The average Bonchev–Trinajstić information content (AvgIpc) is 2.36. The predicted octanol–water partition coefficient (Wildman–Crippen LogP) is 3.89. The number of benzene rings is 1. The molecule has 0 aliphatic rings. The van der Waals surface area contributed by atoms with Crippen LogP contribution in [-0.4, -0.2) is 18.2 Å². The van der Waals surface area contributed by atoms with Gasteiger partial charge >= 0.3 is 6.09 Å². The number of amides is 1. The maximum absolute atomic E-state index is 13.5. The fraction of sp³-hybridized carbons (Fsp3) is 0.400.